The SMILES string of the molecule is CCn1c(Br)nc(C(=O)O)c1-c1cccc(F)c1. The van der Waals surface area contributed by atoms with Gasteiger partial charge in [0, 0.05) is 12.1 Å². The topological polar surface area (TPSA) is 55.1 Å². The molecular weight excluding hydrogens is 303 g/mol. The molecule has 0 aliphatic carbocycles. The normalized spacial score (nSPS) is 10.6. The van der Waals surface area contributed by atoms with Crippen LogP contribution in [0.1, 0.15) is 17.4 Å². The number of nitrogens with zero attached hydrogens (tertiary/aromatic N) is 2. The summed E-state index contributed by atoms with van der Waals surface area (Å²) in [7, 11) is 0. The minimum atomic E-state index is -1.14. The molecule has 0 spiro atoms. The lowest BCUT2D eigenvalue weighted by molar-refractivity contribution is 0.0692. The van der Waals surface area contributed by atoms with Crippen LogP contribution in [-0.2, 0) is 6.54 Å². The van der Waals surface area contributed by atoms with E-state index in [2.05, 4.69) is 20.9 Å². The van der Waals surface area contributed by atoms with E-state index in [9.17, 15) is 9.18 Å². The van der Waals surface area contributed by atoms with Gasteiger partial charge in [0.2, 0.25) is 0 Å². The molecule has 0 atom stereocenters. The van der Waals surface area contributed by atoms with Gasteiger partial charge >= 0.3 is 5.97 Å². The van der Waals surface area contributed by atoms with Crippen molar-refractivity contribution in [1.29, 1.82) is 0 Å². The Hall–Kier alpha value is -1.69. The predicted molar refractivity (Wildman–Crippen MR) is 68.0 cm³/mol. The minimum absolute atomic E-state index is 0.0886. The van der Waals surface area contributed by atoms with E-state index >= 15 is 0 Å². The molecule has 2 rings (SSSR count). The largest absolute Gasteiger partial charge is 0.476 e. The van der Waals surface area contributed by atoms with Crippen LogP contribution < -0.4 is 0 Å². The van der Waals surface area contributed by atoms with Crippen LogP contribution in [0.15, 0.2) is 29.0 Å². The second kappa shape index (κ2) is 4.89. The number of carboxylic acids is 1. The summed E-state index contributed by atoms with van der Waals surface area (Å²) in [6, 6.07) is 5.80. The van der Waals surface area contributed by atoms with Crippen molar-refractivity contribution >= 4 is 21.9 Å². The van der Waals surface area contributed by atoms with Crippen LogP contribution in [0.5, 0.6) is 0 Å². The van der Waals surface area contributed by atoms with Gasteiger partial charge in [-0.05, 0) is 35.0 Å². The zero-order chi connectivity index (χ0) is 13.3. The summed E-state index contributed by atoms with van der Waals surface area (Å²) in [6.45, 7) is 2.40. The van der Waals surface area contributed by atoms with Crippen molar-refractivity contribution in [1.82, 2.24) is 9.55 Å². The highest BCUT2D eigenvalue weighted by molar-refractivity contribution is 9.10. The summed E-state index contributed by atoms with van der Waals surface area (Å²) < 4.78 is 15.3. The lowest BCUT2D eigenvalue weighted by atomic mass is 10.1. The van der Waals surface area contributed by atoms with E-state index in [4.69, 9.17) is 5.11 Å². The highest BCUT2D eigenvalue weighted by Crippen LogP contribution is 2.28. The van der Waals surface area contributed by atoms with Gasteiger partial charge in [0.1, 0.15) is 5.82 Å². The molecule has 2 aromatic rings. The van der Waals surface area contributed by atoms with Crippen molar-refractivity contribution in [3.05, 3.63) is 40.5 Å². The number of carbonyl (C=O) groups is 1. The van der Waals surface area contributed by atoms with Crippen molar-refractivity contribution < 1.29 is 14.3 Å². The molecule has 1 aromatic heterocycles. The van der Waals surface area contributed by atoms with Crippen LogP contribution in [0.3, 0.4) is 0 Å². The first-order valence-corrected chi connectivity index (χ1v) is 6.09. The average Bonchev–Trinajstić information content (AvgIpc) is 2.66. The number of benzene rings is 1. The number of aromatic nitrogens is 2. The zero-order valence-corrected chi connectivity index (χ0v) is 11.1. The third-order valence-electron chi connectivity index (χ3n) is 2.54. The molecule has 18 heavy (non-hydrogen) atoms. The maximum Gasteiger partial charge on any atom is 0.356 e. The minimum Gasteiger partial charge on any atom is -0.476 e. The highest BCUT2D eigenvalue weighted by atomic mass is 79.9. The number of aromatic carboxylic acids is 1. The predicted octanol–water partition coefficient (Wildman–Crippen LogP) is 3.17. The number of carboxylic acid groups (broad SMARTS) is 1. The molecule has 0 radical (unpaired) electrons. The van der Waals surface area contributed by atoms with Gasteiger partial charge in [0.15, 0.2) is 10.4 Å². The second-order valence-electron chi connectivity index (χ2n) is 3.64. The first-order valence-electron chi connectivity index (χ1n) is 5.29. The molecule has 1 N–H and O–H groups in total. The van der Waals surface area contributed by atoms with E-state index < -0.39 is 11.8 Å². The van der Waals surface area contributed by atoms with Crippen LogP contribution in [0.2, 0.25) is 0 Å². The fraction of sp³-hybridized carbons (Fsp3) is 0.167. The fourth-order valence-corrected chi connectivity index (χ4v) is 2.40. The van der Waals surface area contributed by atoms with Gasteiger partial charge < -0.3 is 9.67 Å². The third kappa shape index (κ3) is 2.15. The Kier molecular flexibility index (Phi) is 3.47. The van der Waals surface area contributed by atoms with Gasteiger partial charge in [-0.1, -0.05) is 12.1 Å². The average molecular weight is 313 g/mol. The maximum atomic E-state index is 13.2. The van der Waals surface area contributed by atoms with Crippen LogP contribution in [0.4, 0.5) is 4.39 Å². The molecule has 0 fully saturated rings. The lowest BCUT2D eigenvalue weighted by Crippen LogP contribution is -2.03. The molecule has 94 valence electrons. The first-order chi connectivity index (χ1) is 8.54. The standard InChI is InChI=1S/C12H10BrFN2O2/c1-2-16-10(7-4-3-5-8(14)6-7)9(11(17)18)15-12(16)13/h3-6H,2H2,1H3,(H,17,18). The summed E-state index contributed by atoms with van der Waals surface area (Å²) in [4.78, 5) is 15.1. The van der Waals surface area contributed by atoms with Gasteiger partial charge in [0.25, 0.3) is 0 Å². The Morgan fingerprint density at radius 1 is 1.56 bits per heavy atom. The molecular formula is C12H10BrFN2O2. The Balaban J connectivity index is 2.72. The van der Waals surface area contributed by atoms with Gasteiger partial charge in [-0.3, -0.25) is 0 Å². The number of imidazole rings is 1. The van der Waals surface area contributed by atoms with Gasteiger partial charge in [0.05, 0.1) is 5.69 Å². The van der Waals surface area contributed by atoms with Crippen molar-refractivity contribution in [2.45, 2.75) is 13.5 Å². The van der Waals surface area contributed by atoms with Crippen molar-refractivity contribution in [2.75, 3.05) is 0 Å². The Morgan fingerprint density at radius 2 is 2.28 bits per heavy atom. The molecule has 0 amide bonds. The molecule has 0 aliphatic heterocycles. The molecule has 1 heterocycles. The van der Waals surface area contributed by atoms with E-state index in [-0.39, 0.29) is 5.69 Å². The van der Waals surface area contributed by atoms with Gasteiger partial charge in [-0.2, -0.15) is 0 Å². The quantitative estimate of drug-likeness (QED) is 0.947. The van der Waals surface area contributed by atoms with Gasteiger partial charge in [-0.25, -0.2) is 14.2 Å². The second-order valence-corrected chi connectivity index (χ2v) is 4.35. The summed E-state index contributed by atoms with van der Waals surface area (Å²) in [6.07, 6.45) is 0. The maximum absolute atomic E-state index is 13.2. The molecule has 0 bridgehead atoms. The molecule has 4 nitrogen and oxygen atoms in total. The molecule has 0 saturated heterocycles. The number of rotatable bonds is 3. The van der Waals surface area contributed by atoms with Gasteiger partial charge in [-0.15, -0.1) is 0 Å². The smallest absolute Gasteiger partial charge is 0.356 e. The van der Waals surface area contributed by atoms with Crippen molar-refractivity contribution in [3.8, 4) is 11.3 Å². The van der Waals surface area contributed by atoms with Crippen molar-refractivity contribution in [2.24, 2.45) is 0 Å². The Morgan fingerprint density at radius 3 is 2.83 bits per heavy atom. The monoisotopic (exact) mass is 312 g/mol. The first kappa shape index (κ1) is 12.8. The number of hydrogen-bond donors (Lipinski definition) is 1. The molecule has 0 saturated carbocycles. The Labute approximate surface area is 111 Å². The van der Waals surface area contributed by atoms with E-state index in [1.807, 2.05) is 6.92 Å². The third-order valence-corrected chi connectivity index (χ3v) is 3.14. The lowest BCUT2D eigenvalue weighted by Gasteiger charge is -2.07. The molecule has 0 aliphatic rings. The summed E-state index contributed by atoms with van der Waals surface area (Å²) in [5.74, 6) is -1.55. The number of hydrogen-bond acceptors (Lipinski definition) is 2. The van der Waals surface area contributed by atoms with Crippen LogP contribution in [0, 0.1) is 5.82 Å². The molecule has 6 heteroatoms. The number of halogens is 2. The van der Waals surface area contributed by atoms with Crippen molar-refractivity contribution in [3.63, 3.8) is 0 Å². The van der Waals surface area contributed by atoms with E-state index in [0.29, 0.717) is 22.5 Å². The van der Waals surface area contributed by atoms with E-state index in [1.165, 1.54) is 18.2 Å². The van der Waals surface area contributed by atoms with Crippen LogP contribution in [-0.4, -0.2) is 20.6 Å². The molecule has 1 aromatic carbocycles. The highest BCUT2D eigenvalue weighted by Gasteiger charge is 2.21. The Bertz CT molecular complexity index is 610. The fourth-order valence-electron chi connectivity index (χ4n) is 1.79. The van der Waals surface area contributed by atoms with E-state index in [1.54, 1.807) is 10.6 Å². The summed E-state index contributed by atoms with van der Waals surface area (Å²) in [5, 5.41) is 9.14. The molecule has 0 unspecified atom stereocenters. The van der Waals surface area contributed by atoms with E-state index in [0.717, 1.165) is 0 Å². The van der Waals surface area contributed by atoms with Crippen LogP contribution >= 0.6 is 15.9 Å². The summed E-state index contributed by atoms with van der Waals surface area (Å²) >= 11 is 3.21. The van der Waals surface area contributed by atoms with Crippen LogP contribution in [0.25, 0.3) is 11.3 Å². The summed E-state index contributed by atoms with van der Waals surface area (Å²) in [5.41, 5.74) is 0.804. The zero-order valence-electron chi connectivity index (χ0n) is 9.52.